The van der Waals surface area contributed by atoms with E-state index in [1.165, 1.54) is 43.5 Å². The predicted molar refractivity (Wildman–Crippen MR) is 177 cm³/mol. The second kappa shape index (κ2) is 11.5. The molecule has 4 amide bonds. The molecule has 0 radical (unpaired) electrons. The molecular formula is C35H26Cl2FN3O8. The van der Waals surface area contributed by atoms with E-state index in [2.05, 4.69) is 0 Å². The van der Waals surface area contributed by atoms with Crippen LogP contribution in [0.15, 0.2) is 84.5 Å². The molecule has 2 aliphatic carbocycles. The highest BCUT2D eigenvalue weighted by atomic mass is 35.5. The molecule has 6 atom stereocenters. The molecule has 3 aromatic carbocycles. The van der Waals surface area contributed by atoms with Gasteiger partial charge >= 0.3 is 0 Å². The van der Waals surface area contributed by atoms with Crippen molar-refractivity contribution in [2.45, 2.75) is 22.6 Å². The molecule has 1 N–H and O–H groups in total. The molecule has 3 aromatic rings. The minimum atomic E-state index is -2.12. The lowest BCUT2D eigenvalue weighted by Crippen LogP contribution is -2.60. The van der Waals surface area contributed by atoms with Gasteiger partial charge in [-0.2, -0.15) is 0 Å². The van der Waals surface area contributed by atoms with Crippen LogP contribution in [0.3, 0.4) is 0 Å². The Kier molecular flexibility index (Phi) is 7.64. The number of methoxy groups -OCH3 is 1. The number of benzene rings is 3. The van der Waals surface area contributed by atoms with Crippen molar-refractivity contribution in [2.24, 2.45) is 23.7 Å². The van der Waals surface area contributed by atoms with Gasteiger partial charge in [0.25, 0.3) is 17.5 Å². The van der Waals surface area contributed by atoms with E-state index < -0.39 is 67.8 Å². The summed E-state index contributed by atoms with van der Waals surface area (Å²) in [5, 5.41) is 21.6. The van der Waals surface area contributed by atoms with Crippen LogP contribution in [0.4, 0.5) is 21.5 Å². The smallest absolute Gasteiger partial charge is 0.271 e. The largest absolute Gasteiger partial charge is 0.504 e. The second-order valence-corrected chi connectivity index (χ2v) is 13.6. The Bertz CT molecular complexity index is 2040. The number of nitrogens with zero attached hydrogens (tertiary/aromatic N) is 3. The molecule has 1 saturated carbocycles. The number of nitro groups is 1. The molecule has 250 valence electrons. The highest BCUT2D eigenvalue weighted by Crippen LogP contribution is 2.63. The Morgan fingerprint density at radius 2 is 1.69 bits per heavy atom. The minimum absolute atomic E-state index is 0.0376. The molecule has 3 fully saturated rings. The van der Waals surface area contributed by atoms with Gasteiger partial charge in [0.1, 0.15) is 5.82 Å². The van der Waals surface area contributed by atoms with Crippen molar-refractivity contribution in [1.29, 1.82) is 0 Å². The summed E-state index contributed by atoms with van der Waals surface area (Å²) >= 11 is 14.6. The molecular weight excluding hydrogens is 680 g/mol. The molecule has 0 spiro atoms. The number of anilines is 2. The lowest BCUT2D eigenvalue weighted by molar-refractivity contribution is -0.384. The molecule has 11 nitrogen and oxygen atoms in total. The number of phenols is 1. The maximum atomic E-state index is 14.4. The fourth-order valence-corrected chi connectivity index (χ4v) is 8.54. The summed E-state index contributed by atoms with van der Waals surface area (Å²) < 4.78 is 19.1. The van der Waals surface area contributed by atoms with Gasteiger partial charge in [-0.05, 0) is 66.8 Å². The number of imide groups is 2. The minimum Gasteiger partial charge on any atom is -0.504 e. The number of ether oxygens (including phenoxy) is 1. The number of hydrogen-bond donors (Lipinski definition) is 1. The average Bonchev–Trinajstić information content (AvgIpc) is 3.43. The van der Waals surface area contributed by atoms with Crippen molar-refractivity contribution in [1.82, 2.24) is 0 Å². The molecule has 14 heteroatoms. The summed E-state index contributed by atoms with van der Waals surface area (Å²) in [6.07, 6.45) is 4.79. The fourth-order valence-electron chi connectivity index (χ4n) is 7.65. The molecule has 4 aliphatic rings. The van der Waals surface area contributed by atoms with Crippen molar-refractivity contribution in [3.63, 3.8) is 0 Å². The standard InChI is InChI=1S/C35H26Cl2FN3O8/c1-49-28-15-18(6-14-27(28)42)5-13-26-23-11-12-24-29(31(44)39(30(24)43)21-3-2-4-22(16-21)41(47)48)25(23)17-34(36)32(45)40(33(46)35(26,34)37)20-9-7-19(38)8-10-20/h2-11,13-16,24-26,29,42H,12,17H2,1H3. The third-order valence-corrected chi connectivity index (χ3v) is 11.4. The summed E-state index contributed by atoms with van der Waals surface area (Å²) in [6.45, 7) is 0. The van der Waals surface area contributed by atoms with E-state index in [4.69, 9.17) is 27.9 Å². The Labute approximate surface area is 288 Å². The van der Waals surface area contributed by atoms with Crippen molar-refractivity contribution in [3.05, 3.63) is 106 Å². The van der Waals surface area contributed by atoms with Gasteiger partial charge in [-0.1, -0.05) is 35.9 Å². The van der Waals surface area contributed by atoms with Gasteiger partial charge in [0.2, 0.25) is 11.8 Å². The molecule has 0 bridgehead atoms. The van der Waals surface area contributed by atoms with Crippen LogP contribution < -0.4 is 14.5 Å². The average molecular weight is 707 g/mol. The van der Waals surface area contributed by atoms with Crippen molar-refractivity contribution in [2.75, 3.05) is 16.9 Å². The fraction of sp³-hybridized carbons (Fsp3) is 0.257. The summed E-state index contributed by atoms with van der Waals surface area (Å²) in [6, 6.07) is 14.5. The lowest BCUT2D eigenvalue weighted by atomic mass is 9.57. The molecule has 6 unspecified atom stereocenters. The Balaban J connectivity index is 1.35. The van der Waals surface area contributed by atoms with E-state index in [0.717, 1.165) is 28.0 Å². The van der Waals surface area contributed by atoms with Crippen LogP contribution in [0.2, 0.25) is 0 Å². The number of phenolic OH excluding ortho intramolecular Hbond substituents is 1. The van der Waals surface area contributed by atoms with Crippen molar-refractivity contribution in [3.8, 4) is 11.5 Å². The first-order valence-corrected chi connectivity index (χ1v) is 16.0. The van der Waals surface area contributed by atoms with Crippen molar-refractivity contribution >= 4 is 70.0 Å². The van der Waals surface area contributed by atoms with E-state index in [9.17, 15) is 38.8 Å². The maximum Gasteiger partial charge on any atom is 0.271 e. The van der Waals surface area contributed by atoms with E-state index >= 15 is 0 Å². The SMILES string of the molecule is COc1cc(C=CC2C3=CCC4C(=O)N(c5cccc([N+](=O)[O-])c5)C(=O)C4C3CC3(Cl)C(=O)N(c4ccc(F)cc4)C(=O)C23Cl)ccc1O. The topological polar surface area (TPSA) is 147 Å². The number of alkyl halides is 2. The normalized spacial score (nSPS) is 29.2. The van der Waals surface area contributed by atoms with Gasteiger partial charge in [-0.25, -0.2) is 14.2 Å². The Morgan fingerprint density at radius 1 is 0.959 bits per heavy atom. The summed E-state index contributed by atoms with van der Waals surface area (Å²) in [4.78, 5) is 65.0. The monoisotopic (exact) mass is 705 g/mol. The van der Waals surface area contributed by atoms with E-state index in [-0.39, 0.29) is 41.4 Å². The number of amides is 4. The van der Waals surface area contributed by atoms with Crippen LogP contribution >= 0.6 is 23.2 Å². The maximum absolute atomic E-state index is 14.4. The zero-order valence-corrected chi connectivity index (χ0v) is 27.1. The number of rotatable bonds is 6. The quantitative estimate of drug-likeness (QED) is 0.112. The number of non-ortho nitro benzene ring substituents is 1. The van der Waals surface area contributed by atoms with Gasteiger partial charge in [-0.15, -0.1) is 23.2 Å². The molecule has 49 heavy (non-hydrogen) atoms. The molecule has 7 rings (SSSR count). The first-order valence-electron chi connectivity index (χ1n) is 15.2. The van der Waals surface area contributed by atoms with Crippen LogP contribution in [0, 0.1) is 39.6 Å². The van der Waals surface area contributed by atoms with Crippen LogP contribution in [-0.2, 0) is 19.2 Å². The van der Waals surface area contributed by atoms with Gasteiger partial charge in [-0.3, -0.25) is 29.3 Å². The number of allylic oxidation sites excluding steroid dienone is 3. The first kappa shape index (κ1) is 32.5. The highest BCUT2D eigenvalue weighted by Gasteiger charge is 2.76. The highest BCUT2D eigenvalue weighted by molar-refractivity contribution is 6.58. The van der Waals surface area contributed by atoms with Crippen LogP contribution in [-0.4, -0.2) is 50.5 Å². The third kappa shape index (κ3) is 4.68. The van der Waals surface area contributed by atoms with Crippen LogP contribution in [0.5, 0.6) is 11.5 Å². The Hall–Kier alpha value is -5.07. The zero-order valence-electron chi connectivity index (χ0n) is 25.6. The molecule has 2 aliphatic heterocycles. The number of hydrogen-bond acceptors (Lipinski definition) is 8. The summed E-state index contributed by atoms with van der Waals surface area (Å²) in [5.74, 6) is -7.18. The Morgan fingerprint density at radius 3 is 2.39 bits per heavy atom. The summed E-state index contributed by atoms with van der Waals surface area (Å²) in [5.41, 5.74) is 0.857. The van der Waals surface area contributed by atoms with Crippen LogP contribution in [0.25, 0.3) is 6.08 Å². The lowest BCUT2D eigenvalue weighted by Gasteiger charge is -2.49. The number of carbonyl (C=O) groups excluding carboxylic acids is 4. The van der Waals surface area contributed by atoms with E-state index in [1.807, 2.05) is 0 Å². The van der Waals surface area contributed by atoms with Gasteiger partial charge in [0.15, 0.2) is 21.2 Å². The van der Waals surface area contributed by atoms with Gasteiger partial charge in [0, 0.05) is 18.1 Å². The number of carbonyl (C=O) groups is 4. The number of halogens is 3. The molecule has 0 aromatic heterocycles. The predicted octanol–water partition coefficient (Wildman–Crippen LogP) is 5.76. The van der Waals surface area contributed by atoms with Crippen LogP contribution in [0.1, 0.15) is 18.4 Å². The van der Waals surface area contributed by atoms with E-state index in [0.29, 0.717) is 11.1 Å². The first-order chi connectivity index (χ1) is 23.3. The molecule has 2 saturated heterocycles. The van der Waals surface area contributed by atoms with Gasteiger partial charge in [0.05, 0.1) is 35.2 Å². The number of nitro benzene ring substituents is 1. The van der Waals surface area contributed by atoms with Crippen molar-refractivity contribution < 1.29 is 38.3 Å². The van der Waals surface area contributed by atoms with Gasteiger partial charge < -0.3 is 9.84 Å². The number of fused-ring (bicyclic) bond motifs is 4. The zero-order chi connectivity index (χ0) is 35.0. The second-order valence-electron chi connectivity index (χ2n) is 12.4. The summed E-state index contributed by atoms with van der Waals surface area (Å²) in [7, 11) is 1.39. The number of aromatic hydroxyl groups is 1. The molecule has 2 heterocycles. The van der Waals surface area contributed by atoms with E-state index in [1.54, 1.807) is 30.4 Å². The third-order valence-electron chi connectivity index (χ3n) is 9.94.